The van der Waals surface area contributed by atoms with Crippen LogP contribution in [0.3, 0.4) is 0 Å². The van der Waals surface area contributed by atoms with Gasteiger partial charge < -0.3 is 10.3 Å². The second-order valence-electron chi connectivity index (χ2n) is 4.82. The van der Waals surface area contributed by atoms with Crippen molar-refractivity contribution in [2.75, 3.05) is 5.73 Å². The van der Waals surface area contributed by atoms with Gasteiger partial charge in [-0.1, -0.05) is 39.7 Å². The second-order valence-corrected chi connectivity index (χ2v) is 6.15. The highest BCUT2D eigenvalue weighted by Crippen LogP contribution is 2.30. The fourth-order valence-corrected chi connectivity index (χ4v) is 2.83. The van der Waals surface area contributed by atoms with Gasteiger partial charge in [-0.25, -0.2) is 9.37 Å². The number of aromatic nitrogens is 2. The Hall–Kier alpha value is -1.59. The summed E-state index contributed by atoms with van der Waals surface area (Å²) in [5, 5.41) is 0.0449. The first-order chi connectivity index (χ1) is 9.97. The highest BCUT2D eigenvalue weighted by molar-refractivity contribution is 9.10. The lowest BCUT2D eigenvalue weighted by atomic mass is 10.1. The number of fused-ring (bicyclic) bond motifs is 1. The first-order valence-corrected chi connectivity index (χ1v) is 7.52. The van der Waals surface area contributed by atoms with E-state index in [1.165, 1.54) is 12.1 Å². The predicted octanol–water partition coefficient (Wildman–Crippen LogP) is 4.78. The van der Waals surface area contributed by atoms with Crippen LogP contribution in [0.4, 0.5) is 10.3 Å². The SMILES string of the molecule is CC(c1ccc(Br)cc1)n1c(N)nc2cc(Cl)c(F)cc21. The number of rotatable bonds is 2. The van der Waals surface area contributed by atoms with Crippen LogP contribution in [-0.2, 0) is 0 Å². The minimum Gasteiger partial charge on any atom is -0.369 e. The van der Waals surface area contributed by atoms with Gasteiger partial charge in [0.25, 0.3) is 0 Å². The highest BCUT2D eigenvalue weighted by Gasteiger charge is 2.17. The maximum Gasteiger partial charge on any atom is 0.201 e. The minimum atomic E-state index is -0.478. The van der Waals surface area contributed by atoms with Crippen molar-refractivity contribution >= 4 is 44.5 Å². The molecular formula is C15H12BrClFN3. The lowest BCUT2D eigenvalue weighted by Gasteiger charge is -2.16. The molecule has 6 heteroatoms. The largest absolute Gasteiger partial charge is 0.369 e. The number of nitrogens with zero attached hydrogens (tertiary/aromatic N) is 2. The molecule has 0 bridgehead atoms. The smallest absolute Gasteiger partial charge is 0.201 e. The highest BCUT2D eigenvalue weighted by atomic mass is 79.9. The normalized spacial score (nSPS) is 12.8. The summed E-state index contributed by atoms with van der Waals surface area (Å²) >= 11 is 9.20. The minimum absolute atomic E-state index is 0.0449. The van der Waals surface area contributed by atoms with Crippen LogP contribution >= 0.6 is 27.5 Å². The first-order valence-electron chi connectivity index (χ1n) is 6.35. The molecule has 2 N–H and O–H groups in total. The topological polar surface area (TPSA) is 43.8 Å². The molecule has 3 nitrogen and oxygen atoms in total. The molecule has 1 atom stereocenters. The number of hydrogen-bond acceptors (Lipinski definition) is 2. The average molecular weight is 369 g/mol. The van der Waals surface area contributed by atoms with Crippen molar-refractivity contribution in [1.82, 2.24) is 9.55 Å². The van der Waals surface area contributed by atoms with E-state index in [0.29, 0.717) is 17.0 Å². The van der Waals surface area contributed by atoms with Crippen molar-refractivity contribution in [3.63, 3.8) is 0 Å². The van der Waals surface area contributed by atoms with E-state index in [0.717, 1.165) is 10.0 Å². The van der Waals surface area contributed by atoms with Gasteiger partial charge in [0.05, 0.1) is 22.1 Å². The van der Waals surface area contributed by atoms with Crippen LogP contribution in [0, 0.1) is 5.82 Å². The van der Waals surface area contributed by atoms with Crippen molar-refractivity contribution in [2.45, 2.75) is 13.0 Å². The fraction of sp³-hybridized carbons (Fsp3) is 0.133. The van der Waals surface area contributed by atoms with Gasteiger partial charge in [-0.3, -0.25) is 0 Å². The summed E-state index contributed by atoms with van der Waals surface area (Å²) in [5.74, 6) is -0.143. The molecule has 0 aliphatic carbocycles. The van der Waals surface area contributed by atoms with Gasteiger partial charge in [-0.2, -0.15) is 0 Å². The van der Waals surface area contributed by atoms with Gasteiger partial charge >= 0.3 is 0 Å². The number of hydrogen-bond donors (Lipinski definition) is 1. The van der Waals surface area contributed by atoms with E-state index in [1.54, 1.807) is 4.57 Å². The molecule has 3 aromatic rings. The molecule has 108 valence electrons. The number of anilines is 1. The van der Waals surface area contributed by atoms with Crippen LogP contribution in [-0.4, -0.2) is 9.55 Å². The van der Waals surface area contributed by atoms with Crippen molar-refractivity contribution in [1.29, 1.82) is 0 Å². The number of halogens is 3. The summed E-state index contributed by atoms with van der Waals surface area (Å²) in [5.41, 5.74) is 8.27. The average Bonchev–Trinajstić information content (AvgIpc) is 2.75. The van der Waals surface area contributed by atoms with E-state index in [1.807, 2.05) is 31.2 Å². The number of benzene rings is 2. The summed E-state index contributed by atoms with van der Waals surface area (Å²) in [7, 11) is 0. The predicted molar refractivity (Wildman–Crippen MR) is 87.1 cm³/mol. The lowest BCUT2D eigenvalue weighted by Crippen LogP contribution is -2.10. The van der Waals surface area contributed by atoms with Gasteiger partial charge in [-0.15, -0.1) is 0 Å². The Bertz CT molecular complexity index is 814. The van der Waals surface area contributed by atoms with Crippen molar-refractivity contribution < 1.29 is 4.39 Å². The molecule has 1 aromatic heterocycles. The standard InChI is InChI=1S/C15H12BrClFN3/c1-8(9-2-4-10(16)5-3-9)21-14-7-12(18)11(17)6-13(14)20-15(21)19/h2-8H,1H3,(H2,19,20). The number of nitrogen functional groups attached to an aromatic ring is 1. The zero-order valence-electron chi connectivity index (χ0n) is 11.1. The quantitative estimate of drug-likeness (QED) is 0.707. The van der Waals surface area contributed by atoms with E-state index in [2.05, 4.69) is 20.9 Å². The van der Waals surface area contributed by atoms with Gasteiger partial charge in [0.1, 0.15) is 5.82 Å². The Kier molecular flexibility index (Phi) is 3.63. The first kappa shape index (κ1) is 14.4. The van der Waals surface area contributed by atoms with Gasteiger partial charge in [0, 0.05) is 10.5 Å². The monoisotopic (exact) mass is 367 g/mol. The van der Waals surface area contributed by atoms with Crippen molar-refractivity contribution in [3.8, 4) is 0 Å². The molecular weight excluding hydrogens is 357 g/mol. The summed E-state index contributed by atoms with van der Waals surface area (Å²) in [6.07, 6.45) is 0. The van der Waals surface area contributed by atoms with Crippen LogP contribution in [0.1, 0.15) is 18.5 Å². The second kappa shape index (κ2) is 5.31. The van der Waals surface area contributed by atoms with E-state index in [9.17, 15) is 4.39 Å². The zero-order valence-corrected chi connectivity index (χ0v) is 13.5. The molecule has 0 amide bonds. The van der Waals surface area contributed by atoms with Crippen LogP contribution in [0.25, 0.3) is 11.0 Å². The summed E-state index contributed by atoms with van der Waals surface area (Å²) in [6, 6.07) is 10.7. The summed E-state index contributed by atoms with van der Waals surface area (Å²) in [6.45, 7) is 1.99. The summed E-state index contributed by atoms with van der Waals surface area (Å²) in [4.78, 5) is 4.26. The molecule has 21 heavy (non-hydrogen) atoms. The fourth-order valence-electron chi connectivity index (χ4n) is 2.41. The molecule has 1 unspecified atom stereocenters. The number of nitrogens with two attached hydrogens (primary N) is 1. The Morgan fingerprint density at radius 2 is 1.95 bits per heavy atom. The third kappa shape index (κ3) is 2.51. The Morgan fingerprint density at radius 3 is 2.62 bits per heavy atom. The lowest BCUT2D eigenvalue weighted by molar-refractivity contribution is 0.625. The zero-order chi connectivity index (χ0) is 15.1. The van der Waals surface area contributed by atoms with E-state index < -0.39 is 5.82 Å². The molecule has 3 rings (SSSR count). The molecule has 0 spiro atoms. The molecule has 0 aliphatic rings. The van der Waals surface area contributed by atoms with E-state index in [4.69, 9.17) is 17.3 Å². The Morgan fingerprint density at radius 1 is 1.29 bits per heavy atom. The van der Waals surface area contributed by atoms with Crippen LogP contribution < -0.4 is 5.73 Å². The Balaban J connectivity index is 2.17. The molecule has 1 heterocycles. The number of imidazole rings is 1. The van der Waals surface area contributed by atoms with Crippen LogP contribution in [0.5, 0.6) is 0 Å². The Labute approximate surface area is 134 Å². The van der Waals surface area contributed by atoms with Crippen LogP contribution in [0.15, 0.2) is 40.9 Å². The van der Waals surface area contributed by atoms with E-state index in [-0.39, 0.29) is 11.1 Å². The molecule has 0 saturated carbocycles. The van der Waals surface area contributed by atoms with Crippen molar-refractivity contribution in [2.24, 2.45) is 0 Å². The third-order valence-corrected chi connectivity index (χ3v) is 4.32. The maximum atomic E-state index is 13.7. The molecule has 0 radical (unpaired) electrons. The molecule has 0 saturated heterocycles. The third-order valence-electron chi connectivity index (χ3n) is 3.50. The maximum absolute atomic E-state index is 13.7. The van der Waals surface area contributed by atoms with Crippen LogP contribution in [0.2, 0.25) is 5.02 Å². The van der Waals surface area contributed by atoms with E-state index >= 15 is 0 Å². The molecule has 0 aliphatic heterocycles. The van der Waals surface area contributed by atoms with Gasteiger partial charge in [-0.05, 0) is 30.7 Å². The van der Waals surface area contributed by atoms with Gasteiger partial charge in [0.15, 0.2) is 0 Å². The molecule has 2 aromatic carbocycles. The summed E-state index contributed by atoms with van der Waals surface area (Å²) < 4.78 is 16.5. The van der Waals surface area contributed by atoms with Gasteiger partial charge in [0.2, 0.25) is 5.95 Å². The van der Waals surface area contributed by atoms with Crippen molar-refractivity contribution in [3.05, 3.63) is 57.3 Å². The molecule has 0 fully saturated rings.